The zero-order valence-corrected chi connectivity index (χ0v) is 16.1. The molecule has 1 aliphatic heterocycles. The minimum absolute atomic E-state index is 0.0451. The highest BCUT2D eigenvalue weighted by Gasteiger charge is 2.20. The number of rotatable bonds is 7. The number of carbonyl (C=O) groups is 1. The molecule has 1 amide bonds. The van der Waals surface area contributed by atoms with Crippen LogP contribution in [0, 0.1) is 0 Å². The van der Waals surface area contributed by atoms with Crippen molar-refractivity contribution in [3.05, 3.63) is 77.6 Å². The average Bonchev–Trinajstić information content (AvgIpc) is 2.69. The summed E-state index contributed by atoms with van der Waals surface area (Å²) in [6.07, 6.45) is 7.49. The number of amides is 1. The third-order valence-electron chi connectivity index (χ3n) is 5.07. The van der Waals surface area contributed by atoms with Gasteiger partial charge in [0, 0.05) is 37.9 Å². The molecule has 0 bridgehead atoms. The van der Waals surface area contributed by atoms with E-state index in [-0.39, 0.29) is 11.9 Å². The van der Waals surface area contributed by atoms with Gasteiger partial charge in [-0.25, -0.2) is 0 Å². The van der Waals surface area contributed by atoms with E-state index in [4.69, 9.17) is 0 Å². The van der Waals surface area contributed by atoms with Gasteiger partial charge in [0.1, 0.15) is 0 Å². The number of nitrogens with zero attached hydrogens (tertiary/aromatic N) is 2. The highest BCUT2D eigenvalue weighted by atomic mass is 16.1. The summed E-state index contributed by atoms with van der Waals surface area (Å²) < 4.78 is 0. The number of carbonyl (C=O) groups excluding carboxylic acids is 1. The van der Waals surface area contributed by atoms with Crippen LogP contribution in [0.4, 0.5) is 0 Å². The first-order valence-corrected chi connectivity index (χ1v) is 9.83. The van der Waals surface area contributed by atoms with Crippen LogP contribution in [0.1, 0.15) is 37.4 Å². The number of pyridine rings is 1. The van der Waals surface area contributed by atoms with Crippen LogP contribution < -0.4 is 5.32 Å². The molecule has 3 rings (SSSR count). The van der Waals surface area contributed by atoms with E-state index in [0.717, 1.165) is 56.6 Å². The molecule has 0 unspecified atom stereocenters. The van der Waals surface area contributed by atoms with Gasteiger partial charge in [-0.3, -0.25) is 14.7 Å². The predicted molar refractivity (Wildman–Crippen MR) is 109 cm³/mol. The molecule has 4 heteroatoms. The number of allylic oxidation sites excluding steroid dienone is 1. The highest BCUT2D eigenvalue weighted by molar-refractivity contribution is 5.88. The highest BCUT2D eigenvalue weighted by Crippen LogP contribution is 2.13. The van der Waals surface area contributed by atoms with Gasteiger partial charge in [-0.15, -0.1) is 0 Å². The van der Waals surface area contributed by atoms with Crippen molar-refractivity contribution in [2.75, 3.05) is 13.1 Å². The summed E-state index contributed by atoms with van der Waals surface area (Å²) in [7, 11) is 0. The summed E-state index contributed by atoms with van der Waals surface area (Å²) in [5.74, 6) is 0.0451. The third kappa shape index (κ3) is 6.65. The first-order valence-electron chi connectivity index (χ1n) is 9.83. The Hall–Kier alpha value is -2.46. The standard InChI is InChI=1S/C23H29N3O/c1-19(10-11-20-7-3-2-4-8-20)17-23(27)25-21-12-15-26(16-13-21)18-22-9-5-6-14-24-22/h2-9,14,17,21H,10-13,15-16,18H2,1H3,(H,25,27)/b19-17+. The molecular weight excluding hydrogens is 334 g/mol. The molecule has 0 aliphatic carbocycles. The molecule has 0 spiro atoms. The van der Waals surface area contributed by atoms with E-state index in [0.29, 0.717) is 0 Å². The number of hydrogen-bond acceptors (Lipinski definition) is 3. The Morgan fingerprint density at radius 3 is 2.59 bits per heavy atom. The fourth-order valence-corrected chi connectivity index (χ4v) is 3.48. The second kappa shape index (κ2) is 10.0. The van der Waals surface area contributed by atoms with Crippen LogP contribution in [0.5, 0.6) is 0 Å². The molecule has 4 nitrogen and oxygen atoms in total. The van der Waals surface area contributed by atoms with E-state index in [1.165, 1.54) is 5.56 Å². The fraction of sp³-hybridized carbons (Fsp3) is 0.391. The molecule has 1 N–H and O–H groups in total. The second-order valence-electron chi connectivity index (χ2n) is 7.36. The number of benzene rings is 1. The topological polar surface area (TPSA) is 45.2 Å². The normalized spacial score (nSPS) is 16.3. The Labute approximate surface area is 162 Å². The van der Waals surface area contributed by atoms with Gasteiger partial charge in [0.2, 0.25) is 5.91 Å². The van der Waals surface area contributed by atoms with E-state index < -0.39 is 0 Å². The van der Waals surface area contributed by atoms with Crippen molar-refractivity contribution in [3.8, 4) is 0 Å². The summed E-state index contributed by atoms with van der Waals surface area (Å²) in [6.45, 7) is 4.93. The van der Waals surface area contributed by atoms with Gasteiger partial charge in [-0.05, 0) is 50.3 Å². The Morgan fingerprint density at radius 1 is 1.15 bits per heavy atom. The van der Waals surface area contributed by atoms with Crippen molar-refractivity contribution >= 4 is 5.91 Å². The number of nitrogens with one attached hydrogen (secondary N) is 1. The lowest BCUT2D eigenvalue weighted by Crippen LogP contribution is -2.44. The van der Waals surface area contributed by atoms with E-state index in [2.05, 4.69) is 45.5 Å². The first-order chi connectivity index (χ1) is 13.2. The molecular formula is C23H29N3O. The lowest BCUT2D eigenvalue weighted by Gasteiger charge is -2.31. The fourth-order valence-electron chi connectivity index (χ4n) is 3.48. The zero-order chi connectivity index (χ0) is 18.9. The largest absolute Gasteiger partial charge is 0.350 e. The molecule has 1 aromatic carbocycles. The van der Waals surface area contributed by atoms with Gasteiger partial charge < -0.3 is 5.32 Å². The van der Waals surface area contributed by atoms with Crippen molar-refractivity contribution in [1.29, 1.82) is 0 Å². The molecule has 2 heterocycles. The van der Waals surface area contributed by atoms with Crippen LogP contribution in [0.15, 0.2) is 66.4 Å². The number of piperidine rings is 1. The number of likely N-dealkylation sites (tertiary alicyclic amines) is 1. The Balaban J connectivity index is 1.38. The van der Waals surface area contributed by atoms with Gasteiger partial charge >= 0.3 is 0 Å². The van der Waals surface area contributed by atoms with Crippen molar-refractivity contribution in [2.24, 2.45) is 0 Å². The van der Waals surface area contributed by atoms with E-state index in [1.54, 1.807) is 6.08 Å². The van der Waals surface area contributed by atoms with Gasteiger partial charge in [-0.2, -0.15) is 0 Å². The summed E-state index contributed by atoms with van der Waals surface area (Å²) in [5, 5.41) is 3.17. The van der Waals surface area contributed by atoms with Crippen LogP contribution in [0.3, 0.4) is 0 Å². The molecule has 2 aromatic rings. The van der Waals surface area contributed by atoms with Gasteiger partial charge in [0.05, 0.1) is 5.69 Å². The summed E-state index contributed by atoms with van der Waals surface area (Å²) in [5.41, 5.74) is 3.55. The lowest BCUT2D eigenvalue weighted by atomic mass is 10.0. The summed E-state index contributed by atoms with van der Waals surface area (Å²) in [6, 6.07) is 16.7. The minimum atomic E-state index is 0.0451. The Morgan fingerprint density at radius 2 is 1.89 bits per heavy atom. The molecule has 1 fully saturated rings. The minimum Gasteiger partial charge on any atom is -0.350 e. The number of aryl methyl sites for hydroxylation is 1. The van der Waals surface area contributed by atoms with Crippen LogP contribution in [-0.2, 0) is 17.8 Å². The van der Waals surface area contributed by atoms with E-state index >= 15 is 0 Å². The van der Waals surface area contributed by atoms with Gasteiger partial charge in [0.15, 0.2) is 0 Å². The van der Waals surface area contributed by atoms with Crippen molar-refractivity contribution < 1.29 is 4.79 Å². The maximum atomic E-state index is 12.3. The monoisotopic (exact) mass is 363 g/mol. The smallest absolute Gasteiger partial charge is 0.244 e. The van der Waals surface area contributed by atoms with E-state index in [9.17, 15) is 4.79 Å². The predicted octanol–water partition coefficient (Wildman–Crippen LogP) is 3.74. The van der Waals surface area contributed by atoms with Gasteiger partial charge in [0.25, 0.3) is 0 Å². The van der Waals surface area contributed by atoms with Crippen LogP contribution in [0.2, 0.25) is 0 Å². The molecule has 1 aliphatic rings. The molecule has 0 saturated carbocycles. The Bertz CT molecular complexity index is 735. The van der Waals surface area contributed by atoms with Crippen molar-refractivity contribution in [2.45, 2.75) is 45.2 Å². The zero-order valence-electron chi connectivity index (χ0n) is 16.1. The number of aromatic nitrogens is 1. The lowest BCUT2D eigenvalue weighted by molar-refractivity contribution is -0.117. The SMILES string of the molecule is C/C(=C\C(=O)NC1CCN(Cc2ccccn2)CC1)CCc1ccccc1. The second-order valence-corrected chi connectivity index (χ2v) is 7.36. The van der Waals surface area contributed by atoms with Crippen LogP contribution in [0.25, 0.3) is 0 Å². The third-order valence-corrected chi connectivity index (χ3v) is 5.07. The quantitative estimate of drug-likeness (QED) is 0.762. The molecule has 0 atom stereocenters. The van der Waals surface area contributed by atoms with Crippen molar-refractivity contribution in [1.82, 2.24) is 15.2 Å². The van der Waals surface area contributed by atoms with Gasteiger partial charge in [-0.1, -0.05) is 42.0 Å². The number of hydrogen-bond donors (Lipinski definition) is 1. The average molecular weight is 364 g/mol. The molecule has 142 valence electrons. The molecule has 1 saturated heterocycles. The maximum absolute atomic E-state index is 12.3. The molecule has 1 aromatic heterocycles. The Kier molecular flexibility index (Phi) is 7.17. The molecule has 0 radical (unpaired) electrons. The first kappa shape index (κ1) is 19.3. The summed E-state index contributed by atoms with van der Waals surface area (Å²) >= 11 is 0. The molecule has 27 heavy (non-hydrogen) atoms. The van der Waals surface area contributed by atoms with Crippen LogP contribution in [-0.4, -0.2) is 34.9 Å². The maximum Gasteiger partial charge on any atom is 0.244 e. The summed E-state index contributed by atoms with van der Waals surface area (Å²) in [4.78, 5) is 19.1. The van der Waals surface area contributed by atoms with E-state index in [1.807, 2.05) is 31.3 Å². The van der Waals surface area contributed by atoms with Crippen LogP contribution >= 0.6 is 0 Å². The van der Waals surface area contributed by atoms with Crippen molar-refractivity contribution in [3.63, 3.8) is 0 Å².